The standard InChI is InChI=1S/C18H21N3O2/c1-13-7-10-21(11-8-13)16-4-2-15(3-5-16)20-18(23)14-6-9-19-17(22)12-14/h2-6,9,12-13H,7-8,10-11H2,1H3,(H,19,22)(H,20,23). The summed E-state index contributed by atoms with van der Waals surface area (Å²) in [6.45, 7) is 4.46. The van der Waals surface area contributed by atoms with E-state index in [-0.39, 0.29) is 11.5 Å². The number of hydrogen-bond donors (Lipinski definition) is 2. The average Bonchev–Trinajstić information content (AvgIpc) is 2.56. The number of piperidine rings is 1. The highest BCUT2D eigenvalue weighted by Crippen LogP contribution is 2.24. The normalized spacial score (nSPS) is 15.4. The van der Waals surface area contributed by atoms with Gasteiger partial charge in [0.25, 0.3) is 5.91 Å². The summed E-state index contributed by atoms with van der Waals surface area (Å²) in [5.74, 6) is 0.523. The van der Waals surface area contributed by atoms with E-state index in [1.54, 1.807) is 6.07 Å². The highest BCUT2D eigenvalue weighted by molar-refractivity contribution is 6.04. The first-order valence-electron chi connectivity index (χ1n) is 7.97. The van der Waals surface area contributed by atoms with Crippen molar-refractivity contribution < 1.29 is 4.79 Å². The fourth-order valence-corrected chi connectivity index (χ4v) is 2.81. The molecule has 120 valence electrons. The molecular formula is C18H21N3O2. The molecule has 1 aliphatic rings. The zero-order valence-corrected chi connectivity index (χ0v) is 13.2. The number of pyridine rings is 1. The fourth-order valence-electron chi connectivity index (χ4n) is 2.81. The molecule has 0 unspecified atom stereocenters. The van der Waals surface area contributed by atoms with Crippen molar-refractivity contribution in [1.29, 1.82) is 0 Å². The van der Waals surface area contributed by atoms with Crippen LogP contribution in [0.5, 0.6) is 0 Å². The van der Waals surface area contributed by atoms with E-state index in [0.717, 1.165) is 24.7 Å². The first-order chi connectivity index (χ1) is 11.1. The number of hydrogen-bond acceptors (Lipinski definition) is 3. The zero-order valence-electron chi connectivity index (χ0n) is 13.2. The molecule has 1 fully saturated rings. The number of nitrogens with zero attached hydrogens (tertiary/aromatic N) is 1. The highest BCUT2D eigenvalue weighted by atomic mass is 16.2. The smallest absolute Gasteiger partial charge is 0.255 e. The molecule has 2 N–H and O–H groups in total. The summed E-state index contributed by atoms with van der Waals surface area (Å²) in [4.78, 5) is 28.2. The molecule has 5 nitrogen and oxygen atoms in total. The van der Waals surface area contributed by atoms with Gasteiger partial charge < -0.3 is 15.2 Å². The monoisotopic (exact) mass is 311 g/mol. The summed E-state index contributed by atoms with van der Waals surface area (Å²) in [5.41, 5.74) is 1.98. The SMILES string of the molecule is CC1CCN(c2ccc(NC(=O)c3cc[nH]c(=O)c3)cc2)CC1. The van der Waals surface area contributed by atoms with Crippen LogP contribution < -0.4 is 15.8 Å². The largest absolute Gasteiger partial charge is 0.372 e. The second kappa shape index (κ2) is 6.69. The summed E-state index contributed by atoms with van der Waals surface area (Å²) < 4.78 is 0. The average molecular weight is 311 g/mol. The predicted octanol–water partition coefficient (Wildman–Crippen LogP) is 2.86. The molecule has 2 heterocycles. The van der Waals surface area contributed by atoms with Crippen LogP contribution in [0.4, 0.5) is 11.4 Å². The second-order valence-corrected chi connectivity index (χ2v) is 6.11. The zero-order chi connectivity index (χ0) is 16.2. The van der Waals surface area contributed by atoms with E-state index < -0.39 is 0 Å². The molecule has 1 aromatic carbocycles. The molecule has 0 aliphatic carbocycles. The van der Waals surface area contributed by atoms with Gasteiger partial charge in [0.15, 0.2) is 0 Å². The van der Waals surface area contributed by atoms with Crippen LogP contribution in [0.15, 0.2) is 47.4 Å². The Hall–Kier alpha value is -2.56. The number of carbonyl (C=O) groups is 1. The van der Waals surface area contributed by atoms with E-state index in [1.807, 2.05) is 24.3 Å². The summed E-state index contributed by atoms with van der Waals surface area (Å²) >= 11 is 0. The molecule has 1 amide bonds. The van der Waals surface area contributed by atoms with Gasteiger partial charge in [0, 0.05) is 42.3 Å². The molecule has 3 rings (SSSR count). The topological polar surface area (TPSA) is 65.2 Å². The number of H-pyrrole nitrogens is 1. The van der Waals surface area contributed by atoms with Crippen LogP contribution in [0.1, 0.15) is 30.1 Å². The Balaban J connectivity index is 1.65. The number of rotatable bonds is 3. The maximum atomic E-state index is 12.1. The van der Waals surface area contributed by atoms with Gasteiger partial charge in [-0.25, -0.2) is 0 Å². The predicted molar refractivity (Wildman–Crippen MR) is 92.1 cm³/mol. The maximum Gasteiger partial charge on any atom is 0.255 e. The Morgan fingerprint density at radius 2 is 1.87 bits per heavy atom. The van der Waals surface area contributed by atoms with Crippen LogP contribution in [0.25, 0.3) is 0 Å². The van der Waals surface area contributed by atoms with Crippen LogP contribution in [0.3, 0.4) is 0 Å². The van der Waals surface area contributed by atoms with Crippen LogP contribution in [0, 0.1) is 5.92 Å². The van der Waals surface area contributed by atoms with Crippen molar-refractivity contribution in [2.75, 3.05) is 23.3 Å². The van der Waals surface area contributed by atoms with Crippen LogP contribution >= 0.6 is 0 Å². The number of carbonyl (C=O) groups excluding carboxylic acids is 1. The molecule has 0 radical (unpaired) electrons. The summed E-state index contributed by atoms with van der Waals surface area (Å²) in [7, 11) is 0. The Morgan fingerprint density at radius 3 is 2.52 bits per heavy atom. The molecule has 2 aromatic rings. The van der Waals surface area contributed by atoms with E-state index in [2.05, 4.69) is 22.1 Å². The van der Waals surface area contributed by atoms with Gasteiger partial charge in [0.1, 0.15) is 0 Å². The molecule has 23 heavy (non-hydrogen) atoms. The number of aromatic amines is 1. The van der Waals surface area contributed by atoms with Crippen molar-refractivity contribution in [3.8, 4) is 0 Å². The third kappa shape index (κ3) is 3.80. The Bertz CT molecular complexity index is 728. The van der Waals surface area contributed by atoms with Gasteiger partial charge in [-0.15, -0.1) is 0 Å². The quantitative estimate of drug-likeness (QED) is 0.916. The Kier molecular flexibility index (Phi) is 4.46. The minimum atomic E-state index is -0.285. The third-order valence-electron chi connectivity index (χ3n) is 4.31. The lowest BCUT2D eigenvalue weighted by Crippen LogP contribution is -2.32. The molecular weight excluding hydrogens is 290 g/mol. The van der Waals surface area contributed by atoms with E-state index in [9.17, 15) is 9.59 Å². The Morgan fingerprint density at radius 1 is 1.17 bits per heavy atom. The lowest BCUT2D eigenvalue weighted by atomic mass is 9.99. The third-order valence-corrected chi connectivity index (χ3v) is 4.31. The molecule has 5 heteroatoms. The number of benzene rings is 1. The first-order valence-corrected chi connectivity index (χ1v) is 7.97. The maximum absolute atomic E-state index is 12.1. The second-order valence-electron chi connectivity index (χ2n) is 6.11. The molecule has 1 aromatic heterocycles. The van der Waals surface area contributed by atoms with Gasteiger partial charge in [-0.1, -0.05) is 6.92 Å². The van der Waals surface area contributed by atoms with E-state index in [0.29, 0.717) is 5.56 Å². The van der Waals surface area contributed by atoms with E-state index in [4.69, 9.17) is 0 Å². The number of amides is 1. The minimum Gasteiger partial charge on any atom is -0.372 e. The van der Waals surface area contributed by atoms with Crippen molar-refractivity contribution >= 4 is 17.3 Å². The van der Waals surface area contributed by atoms with Crippen LogP contribution in [-0.2, 0) is 0 Å². The van der Waals surface area contributed by atoms with Gasteiger partial charge in [0.2, 0.25) is 5.56 Å². The molecule has 1 saturated heterocycles. The number of aromatic nitrogens is 1. The molecule has 1 aliphatic heterocycles. The van der Waals surface area contributed by atoms with Gasteiger partial charge in [0.05, 0.1) is 0 Å². The summed E-state index contributed by atoms with van der Waals surface area (Å²) in [6.07, 6.45) is 3.92. The highest BCUT2D eigenvalue weighted by Gasteiger charge is 2.16. The van der Waals surface area contributed by atoms with Gasteiger partial charge in [-0.2, -0.15) is 0 Å². The molecule has 0 atom stereocenters. The van der Waals surface area contributed by atoms with Crippen molar-refractivity contribution in [3.05, 3.63) is 58.5 Å². The summed E-state index contributed by atoms with van der Waals surface area (Å²) in [5, 5.41) is 2.81. The van der Waals surface area contributed by atoms with Crippen molar-refractivity contribution in [1.82, 2.24) is 4.98 Å². The van der Waals surface area contributed by atoms with Gasteiger partial charge >= 0.3 is 0 Å². The van der Waals surface area contributed by atoms with Gasteiger partial charge in [-0.3, -0.25) is 9.59 Å². The lowest BCUT2D eigenvalue weighted by Gasteiger charge is -2.32. The molecule has 0 saturated carbocycles. The van der Waals surface area contributed by atoms with Crippen LogP contribution in [0.2, 0.25) is 0 Å². The first kappa shape index (κ1) is 15.3. The van der Waals surface area contributed by atoms with E-state index >= 15 is 0 Å². The van der Waals surface area contributed by atoms with Gasteiger partial charge in [-0.05, 0) is 49.1 Å². The van der Waals surface area contributed by atoms with Crippen molar-refractivity contribution in [2.45, 2.75) is 19.8 Å². The van der Waals surface area contributed by atoms with E-state index in [1.165, 1.54) is 30.8 Å². The van der Waals surface area contributed by atoms with Crippen molar-refractivity contribution in [2.24, 2.45) is 5.92 Å². The van der Waals surface area contributed by atoms with Crippen molar-refractivity contribution in [3.63, 3.8) is 0 Å². The fraction of sp³-hybridized carbons (Fsp3) is 0.333. The molecule has 0 spiro atoms. The number of nitrogens with one attached hydrogen (secondary N) is 2. The Labute approximate surface area is 135 Å². The minimum absolute atomic E-state index is 0.282. The van der Waals surface area contributed by atoms with Crippen LogP contribution in [-0.4, -0.2) is 24.0 Å². The number of anilines is 2. The summed E-state index contributed by atoms with van der Waals surface area (Å²) in [6, 6.07) is 10.7. The lowest BCUT2D eigenvalue weighted by molar-refractivity contribution is 0.102. The molecule has 0 bridgehead atoms.